The van der Waals surface area contributed by atoms with Crippen LogP contribution in [0.25, 0.3) is 11.5 Å². The summed E-state index contributed by atoms with van der Waals surface area (Å²) in [5.74, 6) is -0.953. The zero-order valence-electron chi connectivity index (χ0n) is 12.9. The SMILES string of the molecule is CC1=NN(c2nc(-c3ccco3)cc(C(F)(F)F)n2)C(O)(C(F)(F)Cl)C1. The maximum atomic E-state index is 13.7. The Labute approximate surface area is 147 Å². The molecule has 26 heavy (non-hydrogen) atoms. The van der Waals surface area contributed by atoms with Gasteiger partial charge in [-0.1, -0.05) is 0 Å². The van der Waals surface area contributed by atoms with Gasteiger partial charge in [0.2, 0.25) is 11.7 Å². The Balaban J connectivity index is 2.19. The fourth-order valence-electron chi connectivity index (χ4n) is 2.38. The molecule has 2 aromatic heterocycles. The lowest BCUT2D eigenvalue weighted by molar-refractivity contribution is -0.141. The number of rotatable bonds is 3. The fraction of sp³-hybridized carbons (Fsp3) is 0.357. The molecule has 0 saturated heterocycles. The smallest absolute Gasteiger partial charge is 0.433 e. The zero-order valence-corrected chi connectivity index (χ0v) is 13.7. The summed E-state index contributed by atoms with van der Waals surface area (Å²) in [6.07, 6.45) is -4.41. The van der Waals surface area contributed by atoms with Crippen LogP contribution in [0.1, 0.15) is 19.0 Å². The lowest BCUT2D eigenvalue weighted by Crippen LogP contribution is -2.55. The van der Waals surface area contributed by atoms with Gasteiger partial charge in [-0.3, -0.25) is 0 Å². The van der Waals surface area contributed by atoms with E-state index in [4.69, 9.17) is 16.0 Å². The minimum absolute atomic E-state index is 0.00776. The molecule has 1 atom stereocenters. The Morgan fingerprint density at radius 3 is 2.50 bits per heavy atom. The van der Waals surface area contributed by atoms with Crippen molar-refractivity contribution < 1.29 is 31.5 Å². The molecule has 0 bridgehead atoms. The van der Waals surface area contributed by atoms with Gasteiger partial charge in [0.05, 0.1) is 6.26 Å². The van der Waals surface area contributed by atoms with E-state index < -0.39 is 35.3 Å². The Kier molecular flexibility index (Phi) is 4.19. The van der Waals surface area contributed by atoms with E-state index in [1.807, 2.05) is 0 Å². The summed E-state index contributed by atoms with van der Waals surface area (Å²) < 4.78 is 72.0. The van der Waals surface area contributed by atoms with E-state index in [0.29, 0.717) is 6.07 Å². The van der Waals surface area contributed by atoms with Crippen LogP contribution in [0, 0.1) is 0 Å². The van der Waals surface area contributed by atoms with Crippen LogP contribution in [0.2, 0.25) is 0 Å². The molecule has 3 heterocycles. The molecule has 0 saturated carbocycles. The predicted molar refractivity (Wildman–Crippen MR) is 80.7 cm³/mol. The third-order valence-corrected chi connectivity index (χ3v) is 3.85. The second-order valence-electron chi connectivity index (χ2n) is 5.55. The first-order valence-electron chi connectivity index (χ1n) is 7.05. The lowest BCUT2D eigenvalue weighted by atomic mass is 10.1. The highest BCUT2D eigenvalue weighted by atomic mass is 35.5. The molecule has 1 aliphatic heterocycles. The normalized spacial score (nSPS) is 21.2. The van der Waals surface area contributed by atoms with Crippen molar-refractivity contribution in [3.63, 3.8) is 0 Å². The average Bonchev–Trinajstić information content (AvgIpc) is 3.13. The van der Waals surface area contributed by atoms with Crippen molar-refractivity contribution in [1.82, 2.24) is 9.97 Å². The maximum Gasteiger partial charge on any atom is 0.433 e. The van der Waals surface area contributed by atoms with Crippen molar-refractivity contribution in [3.05, 3.63) is 30.2 Å². The molecule has 2 aromatic rings. The molecule has 1 aliphatic rings. The average molecular weight is 397 g/mol. The fourth-order valence-corrected chi connectivity index (χ4v) is 2.52. The number of halogens is 6. The third kappa shape index (κ3) is 3.12. The summed E-state index contributed by atoms with van der Waals surface area (Å²) in [5.41, 5.74) is -4.86. The summed E-state index contributed by atoms with van der Waals surface area (Å²) >= 11 is 4.97. The highest BCUT2D eigenvalue weighted by Gasteiger charge is 2.60. The molecule has 12 heteroatoms. The van der Waals surface area contributed by atoms with Crippen molar-refractivity contribution in [3.8, 4) is 11.5 Å². The minimum Gasteiger partial charge on any atom is -0.463 e. The zero-order chi connectivity index (χ0) is 19.3. The van der Waals surface area contributed by atoms with Crippen molar-refractivity contribution in [1.29, 1.82) is 0 Å². The number of aromatic nitrogens is 2. The minimum atomic E-state index is -4.90. The first-order chi connectivity index (χ1) is 11.9. The number of hydrazone groups is 1. The van der Waals surface area contributed by atoms with Crippen molar-refractivity contribution in [2.75, 3.05) is 5.01 Å². The van der Waals surface area contributed by atoms with Crippen LogP contribution in [0.3, 0.4) is 0 Å². The Morgan fingerprint density at radius 1 is 1.27 bits per heavy atom. The molecule has 0 spiro atoms. The number of hydrogen-bond donors (Lipinski definition) is 1. The van der Waals surface area contributed by atoms with Crippen molar-refractivity contribution >= 4 is 23.3 Å². The summed E-state index contributed by atoms with van der Waals surface area (Å²) in [7, 11) is 0. The summed E-state index contributed by atoms with van der Waals surface area (Å²) in [4.78, 5) is 7.01. The molecule has 1 N–H and O–H groups in total. The van der Waals surface area contributed by atoms with Crippen LogP contribution in [0.4, 0.5) is 27.9 Å². The highest BCUT2D eigenvalue weighted by Crippen LogP contribution is 2.44. The largest absolute Gasteiger partial charge is 0.463 e. The highest BCUT2D eigenvalue weighted by molar-refractivity contribution is 6.23. The van der Waals surface area contributed by atoms with Gasteiger partial charge in [0, 0.05) is 12.1 Å². The van der Waals surface area contributed by atoms with Crippen LogP contribution < -0.4 is 5.01 Å². The monoisotopic (exact) mass is 396 g/mol. The summed E-state index contributed by atoms with van der Waals surface area (Å²) in [6.45, 7) is 1.30. The van der Waals surface area contributed by atoms with Gasteiger partial charge in [-0.15, -0.1) is 0 Å². The topological polar surface area (TPSA) is 74.8 Å². The van der Waals surface area contributed by atoms with Crippen LogP contribution in [-0.2, 0) is 6.18 Å². The Hall–Kier alpha value is -2.27. The maximum absolute atomic E-state index is 13.7. The van der Waals surface area contributed by atoms with Gasteiger partial charge < -0.3 is 9.52 Å². The molecule has 1 unspecified atom stereocenters. The molecule has 0 amide bonds. The van der Waals surface area contributed by atoms with E-state index >= 15 is 0 Å². The van der Waals surface area contributed by atoms with Gasteiger partial charge in [0.15, 0.2) is 11.5 Å². The van der Waals surface area contributed by atoms with Crippen LogP contribution >= 0.6 is 11.6 Å². The Morgan fingerprint density at radius 2 is 1.96 bits per heavy atom. The first kappa shape index (κ1) is 18.5. The van der Waals surface area contributed by atoms with Gasteiger partial charge in [-0.2, -0.15) is 32.1 Å². The van der Waals surface area contributed by atoms with Gasteiger partial charge >= 0.3 is 11.6 Å². The number of hydrogen-bond acceptors (Lipinski definition) is 6. The van der Waals surface area contributed by atoms with E-state index in [1.165, 1.54) is 25.3 Å². The van der Waals surface area contributed by atoms with E-state index in [1.54, 1.807) is 0 Å². The quantitative estimate of drug-likeness (QED) is 0.630. The number of anilines is 1. The van der Waals surface area contributed by atoms with Gasteiger partial charge in [-0.05, 0) is 36.7 Å². The van der Waals surface area contributed by atoms with Crippen LogP contribution in [0.15, 0.2) is 34.0 Å². The lowest BCUT2D eigenvalue weighted by Gasteiger charge is -2.34. The van der Waals surface area contributed by atoms with Gasteiger partial charge in [0.25, 0.3) is 0 Å². The summed E-state index contributed by atoms with van der Waals surface area (Å²) in [5, 5.41) is 9.86. The van der Waals surface area contributed by atoms with E-state index in [2.05, 4.69) is 15.1 Å². The number of furan rings is 1. The second-order valence-corrected chi connectivity index (χ2v) is 6.03. The standard InChI is InChI=1S/C14H10ClF5N4O2/c1-7-6-12(25,14(15,19)20)24(23-7)11-21-8(9-3-2-4-26-9)5-10(22-11)13(16,17)18/h2-5,25H,6H2,1H3. The third-order valence-electron chi connectivity index (χ3n) is 3.55. The van der Waals surface area contributed by atoms with Gasteiger partial charge in [0.1, 0.15) is 5.69 Å². The molecule has 6 nitrogen and oxygen atoms in total. The molecular formula is C14H10ClF5N4O2. The van der Waals surface area contributed by atoms with E-state index in [9.17, 15) is 27.1 Å². The molecule has 0 aromatic carbocycles. The van der Waals surface area contributed by atoms with Crippen LogP contribution in [0.5, 0.6) is 0 Å². The van der Waals surface area contributed by atoms with Gasteiger partial charge in [-0.25, -0.2) is 9.97 Å². The van der Waals surface area contributed by atoms with Crippen LogP contribution in [-0.4, -0.2) is 31.9 Å². The second kappa shape index (κ2) is 5.88. The first-order valence-corrected chi connectivity index (χ1v) is 7.43. The molecular weight excluding hydrogens is 387 g/mol. The number of nitrogens with zero attached hydrogens (tertiary/aromatic N) is 4. The van der Waals surface area contributed by atoms with E-state index in [0.717, 1.165) is 0 Å². The van der Waals surface area contributed by atoms with E-state index in [-0.39, 0.29) is 22.2 Å². The number of alkyl halides is 6. The van der Waals surface area contributed by atoms with Crippen molar-refractivity contribution in [2.24, 2.45) is 5.10 Å². The number of aliphatic hydroxyl groups is 1. The predicted octanol–water partition coefficient (Wildman–Crippen LogP) is 3.86. The molecule has 0 fully saturated rings. The Bertz CT molecular complexity index is 850. The summed E-state index contributed by atoms with van der Waals surface area (Å²) in [6, 6.07) is 3.33. The van der Waals surface area contributed by atoms with Crippen molar-refractivity contribution in [2.45, 2.75) is 30.6 Å². The molecule has 140 valence electrons. The molecule has 3 rings (SSSR count). The molecule has 0 aliphatic carbocycles. The molecule has 0 radical (unpaired) electrons.